The molecule has 24 heavy (non-hydrogen) atoms. The average Bonchev–Trinajstić information content (AvgIpc) is 3.32. The Balaban J connectivity index is 2.44. The zero-order valence-corrected chi connectivity index (χ0v) is 16.1. The molecule has 1 fully saturated rings. The summed E-state index contributed by atoms with van der Waals surface area (Å²) in [5.41, 5.74) is 1.30. The Morgan fingerprint density at radius 2 is 1.79 bits per heavy atom. The number of nitrogens with zero attached hydrogens (tertiary/aromatic N) is 2. The maximum atomic E-state index is 13.0. The lowest BCUT2D eigenvalue weighted by Crippen LogP contribution is -2.39. The summed E-state index contributed by atoms with van der Waals surface area (Å²) in [5, 5.41) is 0. The third kappa shape index (κ3) is 3.64. The number of amides is 1. The number of hydrogen-bond donors (Lipinski definition) is 0. The first-order valence-electron chi connectivity index (χ1n) is 8.67. The third-order valence-electron chi connectivity index (χ3n) is 4.51. The quantitative estimate of drug-likeness (QED) is 0.758. The molecule has 1 aliphatic rings. The second-order valence-corrected chi connectivity index (χ2v) is 8.54. The molecule has 0 atom stereocenters. The minimum absolute atomic E-state index is 0.0680. The van der Waals surface area contributed by atoms with Crippen molar-refractivity contribution in [1.82, 2.24) is 9.21 Å². The van der Waals surface area contributed by atoms with Gasteiger partial charge in [-0.3, -0.25) is 4.79 Å². The van der Waals surface area contributed by atoms with E-state index in [9.17, 15) is 13.2 Å². The van der Waals surface area contributed by atoms with Gasteiger partial charge in [0, 0.05) is 30.7 Å². The molecular formula is C18H28N2O3S. The van der Waals surface area contributed by atoms with Gasteiger partial charge in [-0.05, 0) is 51.3 Å². The molecule has 134 valence electrons. The number of aryl methyl sites for hydroxylation is 1. The summed E-state index contributed by atoms with van der Waals surface area (Å²) in [4.78, 5) is 15.1. The van der Waals surface area contributed by atoms with Gasteiger partial charge in [-0.2, -0.15) is 4.31 Å². The van der Waals surface area contributed by atoms with Gasteiger partial charge in [-0.1, -0.05) is 19.9 Å². The molecule has 2 rings (SSSR count). The van der Waals surface area contributed by atoms with Crippen molar-refractivity contribution in [3.63, 3.8) is 0 Å². The van der Waals surface area contributed by atoms with Gasteiger partial charge in [0.25, 0.3) is 5.91 Å². The fourth-order valence-electron chi connectivity index (χ4n) is 3.02. The minimum Gasteiger partial charge on any atom is -0.333 e. The predicted octanol–water partition coefficient (Wildman–Crippen LogP) is 3.04. The Morgan fingerprint density at radius 3 is 2.25 bits per heavy atom. The molecule has 0 radical (unpaired) electrons. The van der Waals surface area contributed by atoms with Crippen LogP contribution in [0.5, 0.6) is 0 Å². The van der Waals surface area contributed by atoms with Crippen LogP contribution in [0.25, 0.3) is 0 Å². The van der Waals surface area contributed by atoms with Crippen molar-refractivity contribution in [3.8, 4) is 0 Å². The molecular weight excluding hydrogens is 324 g/mol. The summed E-state index contributed by atoms with van der Waals surface area (Å²) in [6, 6.07) is 5.27. The van der Waals surface area contributed by atoms with E-state index in [4.69, 9.17) is 0 Å². The Labute approximate surface area is 145 Å². The summed E-state index contributed by atoms with van der Waals surface area (Å²) in [6.45, 7) is 10.3. The highest BCUT2D eigenvalue weighted by Crippen LogP contribution is 2.31. The van der Waals surface area contributed by atoms with E-state index in [1.807, 2.05) is 39.5 Å². The van der Waals surface area contributed by atoms with E-state index in [2.05, 4.69) is 0 Å². The lowest BCUT2D eigenvalue weighted by atomic mass is 10.1. The van der Waals surface area contributed by atoms with E-state index >= 15 is 0 Å². The molecule has 5 nitrogen and oxygen atoms in total. The first-order chi connectivity index (χ1) is 11.2. The van der Waals surface area contributed by atoms with Crippen LogP contribution in [0.4, 0.5) is 0 Å². The van der Waals surface area contributed by atoms with Gasteiger partial charge in [0.2, 0.25) is 10.0 Å². The van der Waals surface area contributed by atoms with E-state index in [0.717, 1.165) is 18.4 Å². The summed E-state index contributed by atoms with van der Waals surface area (Å²) >= 11 is 0. The number of carbonyl (C=O) groups excluding carboxylic acids is 1. The van der Waals surface area contributed by atoms with Crippen molar-refractivity contribution in [2.75, 3.05) is 13.1 Å². The van der Waals surface area contributed by atoms with Gasteiger partial charge >= 0.3 is 0 Å². The first kappa shape index (κ1) is 18.9. The topological polar surface area (TPSA) is 57.7 Å². The van der Waals surface area contributed by atoms with Crippen LogP contribution in [-0.4, -0.2) is 48.7 Å². The lowest BCUT2D eigenvalue weighted by Gasteiger charge is -2.28. The van der Waals surface area contributed by atoms with Gasteiger partial charge in [0.05, 0.1) is 4.90 Å². The summed E-state index contributed by atoms with van der Waals surface area (Å²) in [6.07, 6.45) is 2.06. The van der Waals surface area contributed by atoms with Crippen LogP contribution in [0, 0.1) is 6.92 Å². The molecule has 0 aromatic heterocycles. The molecule has 0 saturated heterocycles. The number of hydrogen-bond acceptors (Lipinski definition) is 3. The van der Waals surface area contributed by atoms with Gasteiger partial charge < -0.3 is 4.90 Å². The zero-order chi connectivity index (χ0) is 18.1. The lowest BCUT2D eigenvalue weighted by molar-refractivity contribution is 0.0689. The monoisotopic (exact) mass is 352 g/mol. The second kappa shape index (κ2) is 7.23. The summed E-state index contributed by atoms with van der Waals surface area (Å²) < 4.78 is 26.9. The highest BCUT2D eigenvalue weighted by molar-refractivity contribution is 7.89. The molecule has 1 amide bonds. The minimum atomic E-state index is -3.56. The Hall–Kier alpha value is -1.40. The van der Waals surface area contributed by atoms with Gasteiger partial charge in [0.1, 0.15) is 0 Å². The molecule has 0 aliphatic heterocycles. The predicted molar refractivity (Wildman–Crippen MR) is 95.6 cm³/mol. The van der Waals surface area contributed by atoms with Crippen molar-refractivity contribution in [2.24, 2.45) is 0 Å². The van der Waals surface area contributed by atoms with Crippen molar-refractivity contribution in [2.45, 2.75) is 64.4 Å². The largest absolute Gasteiger partial charge is 0.333 e. The van der Waals surface area contributed by atoms with Crippen molar-refractivity contribution in [1.29, 1.82) is 0 Å². The van der Waals surface area contributed by atoms with Crippen LogP contribution in [0.1, 0.15) is 56.5 Å². The maximum absolute atomic E-state index is 13.0. The Morgan fingerprint density at radius 1 is 1.21 bits per heavy atom. The number of rotatable bonds is 7. The molecule has 1 aromatic carbocycles. The third-order valence-corrected chi connectivity index (χ3v) is 6.56. The fourth-order valence-corrected chi connectivity index (χ4v) is 4.50. The standard InChI is InChI=1S/C18H28N2O3S/c1-6-19(7-2)24(22,23)16-11-8-14(5)17(12-16)18(21)20(13(3)4)15-9-10-15/h8,11-13,15H,6-7,9-10H2,1-5H3. The smallest absolute Gasteiger partial charge is 0.254 e. The van der Waals surface area contributed by atoms with Crippen molar-refractivity contribution < 1.29 is 13.2 Å². The van der Waals surface area contributed by atoms with Crippen molar-refractivity contribution in [3.05, 3.63) is 29.3 Å². The molecule has 0 spiro atoms. The number of sulfonamides is 1. The zero-order valence-electron chi connectivity index (χ0n) is 15.2. The number of carbonyl (C=O) groups is 1. The first-order valence-corrected chi connectivity index (χ1v) is 10.1. The molecule has 0 N–H and O–H groups in total. The normalized spacial score (nSPS) is 15.1. The molecule has 0 heterocycles. The van der Waals surface area contributed by atoms with Crippen molar-refractivity contribution >= 4 is 15.9 Å². The van der Waals surface area contributed by atoms with E-state index in [-0.39, 0.29) is 16.8 Å². The summed E-state index contributed by atoms with van der Waals surface area (Å²) in [5.74, 6) is -0.0680. The van der Waals surface area contributed by atoms with E-state index in [1.54, 1.807) is 18.2 Å². The molecule has 0 bridgehead atoms. The average molecular weight is 353 g/mol. The van der Waals surface area contributed by atoms with E-state index < -0.39 is 10.0 Å². The van der Waals surface area contributed by atoms with E-state index in [1.165, 1.54) is 4.31 Å². The van der Waals surface area contributed by atoms with Crippen LogP contribution in [0.15, 0.2) is 23.1 Å². The van der Waals surface area contributed by atoms with Crippen LogP contribution in [0.3, 0.4) is 0 Å². The fraction of sp³-hybridized carbons (Fsp3) is 0.611. The maximum Gasteiger partial charge on any atom is 0.254 e. The van der Waals surface area contributed by atoms with Crippen LogP contribution in [0.2, 0.25) is 0 Å². The molecule has 1 aliphatic carbocycles. The summed E-state index contributed by atoms with van der Waals surface area (Å²) in [7, 11) is -3.56. The Kier molecular flexibility index (Phi) is 5.71. The van der Waals surface area contributed by atoms with E-state index in [0.29, 0.717) is 24.7 Å². The SMILES string of the molecule is CCN(CC)S(=O)(=O)c1ccc(C)c(C(=O)N(C(C)C)C2CC2)c1. The van der Waals surface area contributed by atoms with Crippen LogP contribution in [-0.2, 0) is 10.0 Å². The van der Waals surface area contributed by atoms with Crippen LogP contribution >= 0.6 is 0 Å². The van der Waals surface area contributed by atoms with Gasteiger partial charge in [-0.15, -0.1) is 0 Å². The second-order valence-electron chi connectivity index (χ2n) is 6.60. The molecule has 1 saturated carbocycles. The molecule has 6 heteroatoms. The highest BCUT2D eigenvalue weighted by atomic mass is 32.2. The highest BCUT2D eigenvalue weighted by Gasteiger charge is 2.35. The molecule has 1 aromatic rings. The van der Waals surface area contributed by atoms with Crippen LogP contribution < -0.4 is 0 Å². The number of benzene rings is 1. The van der Waals surface area contributed by atoms with Gasteiger partial charge in [0.15, 0.2) is 0 Å². The van der Waals surface area contributed by atoms with Gasteiger partial charge in [-0.25, -0.2) is 8.42 Å². The Bertz CT molecular complexity index is 703. The molecule has 0 unspecified atom stereocenters.